The number of benzene rings is 1. The van der Waals surface area contributed by atoms with E-state index in [0.717, 1.165) is 41.1 Å². The molecule has 1 saturated heterocycles. The van der Waals surface area contributed by atoms with Crippen LogP contribution in [0.5, 0.6) is 0 Å². The fourth-order valence-corrected chi connectivity index (χ4v) is 5.94. The van der Waals surface area contributed by atoms with Crippen molar-refractivity contribution in [2.75, 3.05) is 19.6 Å². The van der Waals surface area contributed by atoms with Crippen molar-refractivity contribution in [2.45, 2.75) is 58.2 Å². The summed E-state index contributed by atoms with van der Waals surface area (Å²) in [6.07, 6.45) is 3.41. The van der Waals surface area contributed by atoms with Crippen LogP contribution in [-0.2, 0) is 25.9 Å². The Kier molecular flexibility index (Phi) is 7.02. The summed E-state index contributed by atoms with van der Waals surface area (Å²) < 4.78 is 2.00. The van der Waals surface area contributed by atoms with Gasteiger partial charge in [0.1, 0.15) is 0 Å². The summed E-state index contributed by atoms with van der Waals surface area (Å²) in [4.78, 5) is 31.2. The Morgan fingerprint density at radius 2 is 1.83 bits per heavy atom. The van der Waals surface area contributed by atoms with Gasteiger partial charge in [0, 0.05) is 43.9 Å². The van der Waals surface area contributed by atoms with Crippen molar-refractivity contribution in [1.82, 2.24) is 19.6 Å². The molecule has 1 N–H and O–H groups in total. The Balaban J connectivity index is 1.39. The van der Waals surface area contributed by atoms with Gasteiger partial charge in [0.2, 0.25) is 0 Å². The maximum absolute atomic E-state index is 13.5. The number of rotatable bonds is 6. The molecular formula is C27H32N4O3S. The van der Waals surface area contributed by atoms with Crippen LogP contribution in [0.15, 0.2) is 41.8 Å². The predicted octanol–water partition coefficient (Wildman–Crippen LogP) is 3.68. The molecule has 1 aromatic carbocycles. The van der Waals surface area contributed by atoms with Gasteiger partial charge in [-0.05, 0) is 55.2 Å². The van der Waals surface area contributed by atoms with Gasteiger partial charge in [-0.3, -0.25) is 14.3 Å². The van der Waals surface area contributed by atoms with Crippen LogP contribution in [0.4, 0.5) is 0 Å². The molecule has 2 aliphatic heterocycles. The van der Waals surface area contributed by atoms with Crippen molar-refractivity contribution < 1.29 is 14.7 Å². The van der Waals surface area contributed by atoms with Crippen LogP contribution in [-0.4, -0.2) is 62.2 Å². The highest BCUT2D eigenvalue weighted by molar-refractivity contribution is 7.12. The van der Waals surface area contributed by atoms with Crippen LogP contribution in [0.2, 0.25) is 0 Å². The molecule has 0 bridgehead atoms. The first-order chi connectivity index (χ1) is 17.0. The summed E-state index contributed by atoms with van der Waals surface area (Å²) in [6.45, 7) is 4.79. The van der Waals surface area contributed by atoms with E-state index in [1.807, 2.05) is 34.0 Å². The van der Waals surface area contributed by atoms with Gasteiger partial charge in [0.15, 0.2) is 5.69 Å². The topological polar surface area (TPSA) is 78.7 Å². The standard InChI is InChI=1S/C27H32N4O3S/c1-19-12-17-35-25(19)27(34)30-16-11-23-22(18-30)24(26(33)29-14-9-21(32)10-15-29)28-31(23)13-5-8-20-6-3-2-4-7-20/h2-4,6-7,12,17,21,32H,5,8-11,13-16,18H2,1H3. The SMILES string of the molecule is Cc1ccsc1C(=O)N1CCc2c(c(C(=O)N3CCC(O)CC3)nn2CCCc2ccccc2)C1. The average molecular weight is 493 g/mol. The molecule has 7 nitrogen and oxygen atoms in total. The number of hydrogen-bond acceptors (Lipinski definition) is 5. The third kappa shape index (κ3) is 5.04. The number of thiophene rings is 1. The zero-order valence-electron chi connectivity index (χ0n) is 20.2. The van der Waals surface area contributed by atoms with E-state index in [0.29, 0.717) is 51.1 Å². The lowest BCUT2D eigenvalue weighted by Crippen LogP contribution is -2.41. The number of amides is 2. The quantitative estimate of drug-likeness (QED) is 0.569. The molecule has 184 valence electrons. The molecule has 0 saturated carbocycles. The highest BCUT2D eigenvalue weighted by Crippen LogP contribution is 2.28. The monoisotopic (exact) mass is 492 g/mol. The summed E-state index contributed by atoms with van der Waals surface area (Å²) in [5, 5.41) is 16.6. The minimum absolute atomic E-state index is 0.0273. The zero-order valence-corrected chi connectivity index (χ0v) is 21.0. The van der Waals surface area contributed by atoms with Crippen molar-refractivity contribution in [3.05, 3.63) is 74.7 Å². The van der Waals surface area contributed by atoms with Gasteiger partial charge in [-0.1, -0.05) is 30.3 Å². The Labute approximate surface area is 210 Å². The summed E-state index contributed by atoms with van der Waals surface area (Å²) in [6, 6.07) is 12.4. The number of carbonyl (C=O) groups is 2. The number of aromatic nitrogens is 2. The maximum atomic E-state index is 13.5. The molecule has 2 aliphatic rings. The van der Waals surface area contributed by atoms with Crippen molar-refractivity contribution in [3.63, 3.8) is 0 Å². The van der Waals surface area contributed by atoms with E-state index in [4.69, 9.17) is 5.10 Å². The van der Waals surface area contributed by atoms with Crippen LogP contribution in [0.25, 0.3) is 0 Å². The summed E-state index contributed by atoms with van der Waals surface area (Å²) >= 11 is 1.47. The van der Waals surface area contributed by atoms with Crippen LogP contribution in [0.3, 0.4) is 0 Å². The second-order valence-corrected chi connectivity index (χ2v) is 10.4. The fraction of sp³-hybridized carbons (Fsp3) is 0.444. The molecule has 0 radical (unpaired) electrons. The zero-order chi connectivity index (χ0) is 24.4. The molecule has 8 heteroatoms. The normalized spacial score (nSPS) is 16.4. The lowest BCUT2D eigenvalue weighted by Gasteiger charge is -2.30. The number of aliphatic hydroxyl groups is 1. The molecule has 3 aromatic rings. The van der Waals surface area contributed by atoms with Crippen molar-refractivity contribution in [3.8, 4) is 0 Å². The van der Waals surface area contributed by atoms with Gasteiger partial charge in [0.25, 0.3) is 11.8 Å². The van der Waals surface area contributed by atoms with E-state index in [1.54, 1.807) is 4.90 Å². The molecule has 0 spiro atoms. The van der Waals surface area contributed by atoms with E-state index in [2.05, 4.69) is 24.3 Å². The lowest BCUT2D eigenvalue weighted by atomic mass is 10.0. The molecule has 35 heavy (non-hydrogen) atoms. The Hall–Kier alpha value is -2.97. The van der Waals surface area contributed by atoms with Crippen molar-refractivity contribution in [2.24, 2.45) is 0 Å². The smallest absolute Gasteiger partial charge is 0.274 e. The number of hydrogen-bond donors (Lipinski definition) is 1. The summed E-state index contributed by atoms with van der Waals surface area (Å²) in [5.41, 5.74) is 4.71. The van der Waals surface area contributed by atoms with Gasteiger partial charge < -0.3 is 14.9 Å². The molecule has 1 fully saturated rings. The van der Waals surface area contributed by atoms with E-state index in [1.165, 1.54) is 16.9 Å². The molecule has 2 amide bonds. The number of fused-ring (bicyclic) bond motifs is 1. The Morgan fingerprint density at radius 3 is 2.54 bits per heavy atom. The van der Waals surface area contributed by atoms with Crippen molar-refractivity contribution in [1.29, 1.82) is 0 Å². The van der Waals surface area contributed by atoms with Gasteiger partial charge in [0.05, 0.1) is 17.5 Å². The summed E-state index contributed by atoms with van der Waals surface area (Å²) in [5.74, 6) is -0.0592. The molecule has 0 atom stereocenters. The predicted molar refractivity (Wildman–Crippen MR) is 136 cm³/mol. The minimum atomic E-state index is -0.342. The largest absolute Gasteiger partial charge is 0.393 e. The first-order valence-corrected chi connectivity index (χ1v) is 13.3. The van der Waals surface area contributed by atoms with E-state index < -0.39 is 0 Å². The molecular weight excluding hydrogens is 460 g/mol. The second kappa shape index (κ2) is 10.3. The number of aryl methyl sites for hydroxylation is 3. The van der Waals surface area contributed by atoms with Crippen LogP contribution >= 0.6 is 11.3 Å². The van der Waals surface area contributed by atoms with Crippen molar-refractivity contribution >= 4 is 23.2 Å². The maximum Gasteiger partial charge on any atom is 0.274 e. The van der Waals surface area contributed by atoms with Gasteiger partial charge in [-0.2, -0.15) is 5.10 Å². The number of nitrogens with zero attached hydrogens (tertiary/aromatic N) is 4. The molecule has 2 aromatic heterocycles. The highest BCUT2D eigenvalue weighted by Gasteiger charge is 2.33. The molecule has 5 rings (SSSR count). The number of aliphatic hydroxyl groups excluding tert-OH is 1. The highest BCUT2D eigenvalue weighted by atomic mass is 32.1. The third-order valence-corrected chi connectivity index (χ3v) is 8.11. The minimum Gasteiger partial charge on any atom is -0.393 e. The van der Waals surface area contributed by atoms with Gasteiger partial charge in [-0.25, -0.2) is 0 Å². The van der Waals surface area contributed by atoms with Crippen LogP contribution < -0.4 is 0 Å². The summed E-state index contributed by atoms with van der Waals surface area (Å²) in [7, 11) is 0. The first kappa shape index (κ1) is 23.8. The first-order valence-electron chi connectivity index (χ1n) is 12.4. The van der Waals surface area contributed by atoms with E-state index in [9.17, 15) is 14.7 Å². The van der Waals surface area contributed by atoms with E-state index >= 15 is 0 Å². The number of piperidine rings is 1. The second-order valence-electron chi connectivity index (χ2n) is 9.52. The molecule has 4 heterocycles. The molecule has 0 aliphatic carbocycles. The average Bonchev–Trinajstić information content (AvgIpc) is 3.47. The van der Waals surface area contributed by atoms with Crippen LogP contribution in [0, 0.1) is 6.92 Å². The van der Waals surface area contributed by atoms with E-state index in [-0.39, 0.29) is 17.9 Å². The molecule has 0 unspecified atom stereocenters. The Bertz CT molecular complexity index is 1190. The third-order valence-electron chi connectivity index (χ3n) is 7.11. The van der Waals surface area contributed by atoms with Crippen LogP contribution in [0.1, 0.15) is 61.8 Å². The number of carbonyl (C=O) groups excluding carboxylic acids is 2. The Morgan fingerprint density at radius 1 is 1.06 bits per heavy atom. The van der Waals surface area contributed by atoms with Gasteiger partial charge >= 0.3 is 0 Å². The fourth-order valence-electron chi connectivity index (χ4n) is 5.05. The van der Waals surface area contributed by atoms with Gasteiger partial charge in [-0.15, -0.1) is 11.3 Å². The number of likely N-dealkylation sites (tertiary alicyclic amines) is 1. The lowest BCUT2D eigenvalue weighted by molar-refractivity contribution is 0.0536.